The fourth-order valence-corrected chi connectivity index (χ4v) is 3.18. The van der Waals surface area contributed by atoms with E-state index in [1.165, 1.54) is 30.7 Å². The van der Waals surface area contributed by atoms with Gasteiger partial charge in [-0.15, -0.1) is 0 Å². The van der Waals surface area contributed by atoms with Crippen LogP contribution in [0.4, 0.5) is 0 Å². The minimum absolute atomic E-state index is 0.722. The van der Waals surface area contributed by atoms with E-state index < -0.39 is 0 Å². The topological polar surface area (TPSA) is 21.3 Å². The molecule has 1 aromatic carbocycles. The molecule has 0 bridgehead atoms. The highest BCUT2D eigenvalue weighted by Crippen LogP contribution is 2.23. The van der Waals surface area contributed by atoms with E-state index in [-0.39, 0.29) is 0 Å². The molecule has 0 aliphatic carbocycles. The van der Waals surface area contributed by atoms with Crippen LogP contribution in [0.5, 0.6) is 5.75 Å². The van der Waals surface area contributed by atoms with Crippen LogP contribution >= 0.6 is 11.8 Å². The molecule has 16 heavy (non-hydrogen) atoms. The van der Waals surface area contributed by atoms with Crippen LogP contribution in [0.1, 0.15) is 18.4 Å². The normalized spacial score (nSPS) is 19.9. The van der Waals surface area contributed by atoms with E-state index in [0.717, 1.165) is 17.5 Å². The van der Waals surface area contributed by atoms with Gasteiger partial charge in [0.1, 0.15) is 5.75 Å². The largest absolute Gasteiger partial charge is 0.496 e. The molecule has 1 aromatic rings. The molecule has 1 aliphatic rings. The minimum Gasteiger partial charge on any atom is -0.496 e. The first-order valence-electron chi connectivity index (χ1n) is 5.83. The van der Waals surface area contributed by atoms with Gasteiger partial charge in [-0.3, -0.25) is 0 Å². The summed E-state index contributed by atoms with van der Waals surface area (Å²) in [7, 11) is 1.74. The highest BCUT2D eigenvalue weighted by Gasteiger charge is 2.13. The highest BCUT2D eigenvalue weighted by atomic mass is 32.2. The molecule has 1 N–H and O–H groups in total. The molecule has 1 fully saturated rings. The lowest BCUT2D eigenvalue weighted by Crippen LogP contribution is -2.23. The fourth-order valence-electron chi connectivity index (χ4n) is 2.03. The molecule has 1 unspecified atom stereocenters. The van der Waals surface area contributed by atoms with Gasteiger partial charge in [-0.2, -0.15) is 11.8 Å². The third-order valence-electron chi connectivity index (χ3n) is 2.93. The summed E-state index contributed by atoms with van der Waals surface area (Å²) in [6.07, 6.45) is 2.67. The Morgan fingerprint density at radius 3 is 3.06 bits per heavy atom. The number of rotatable bonds is 5. The van der Waals surface area contributed by atoms with Crippen molar-refractivity contribution in [2.75, 3.05) is 19.4 Å². The van der Waals surface area contributed by atoms with Gasteiger partial charge in [-0.05, 0) is 25.5 Å². The predicted octanol–water partition coefficient (Wildman–Crippen LogP) is 2.68. The lowest BCUT2D eigenvalue weighted by molar-refractivity contribution is 0.411. The van der Waals surface area contributed by atoms with E-state index in [0.29, 0.717) is 0 Å². The minimum atomic E-state index is 0.722. The van der Waals surface area contributed by atoms with Gasteiger partial charge in [0.05, 0.1) is 7.11 Å². The summed E-state index contributed by atoms with van der Waals surface area (Å²) in [5.41, 5.74) is 1.30. The molecule has 0 radical (unpaired) electrons. The van der Waals surface area contributed by atoms with Crippen molar-refractivity contribution >= 4 is 11.8 Å². The average Bonchev–Trinajstić information content (AvgIpc) is 2.83. The number of para-hydroxylation sites is 1. The van der Waals surface area contributed by atoms with Gasteiger partial charge in [0.2, 0.25) is 0 Å². The van der Waals surface area contributed by atoms with Crippen molar-refractivity contribution in [3.63, 3.8) is 0 Å². The van der Waals surface area contributed by atoms with E-state index in [9.17, 15) is 0 Å². The SMILES string of the molecule is COc1ccccc1CSCC1CCCN1. The summed E-state index contributed by atoms with van der Waals surface area (Å²) in [4.78, 5) is 0. The number of thioether (sulfide) groups is 1. The first-order valence-corrected chi connectivity index (χ1v) is 6.98. The zero-order valence-corrected chi connectivity index (χ0v) is 10.6. The van der Waals surface area contributed by atoms with Crippen molar-refractivity contribution in [3.05, 3.63) is 29.8 Å². The van der Waals surface area contributed by atoms with Crippen molar-refractivity contribution in [2.24, 2.45) is 0 Å². The van der Waals surface area contributed by atoms with E-state index in [1.807, 2.05) is 23.9 Å². The number of hydrogen-bond acceptors (Lipinski definition) is 3. The van der Waals surface area contributed by atoms with E-state index >= 15 is 0 Å². The van der Waals surface area contributed by atoms with E-state index in [1.54, 1.807) is 7.11 Å². The molecule has 2 rings (SSSR count). The third-order valence-corrected chi connectivity index (χ3v) is 4.08. The second-order valence-corrected chi connectivity index (χ2v) is 5.15. The summed E-state index contributed by atoms with van der Waals surface area (Å²) >= 11 is 1.99. The molecular weight excluding hydrogens is 218 g/mol. The van der Waals surface area contributed by atoms with Crippen LogP contribution in [0.3, 0.4) is 0 Å². The summed E-state index contributed by atoms with van der Waals surface area (Å²) in [5.74, 6) is 3.26. The zero-order valence-electron chi connectivity index (χ0n) is 9.74. The van der Waals surface area contributed by atoms with Crippen LogP contribution in [-0.4, -0.2) is 25.4 Å². The number of methoxy groups -OCH3 is 1. The molecule has 0 saturated carbocycles. The molecule has 0 amide bonds. The Bertz CT molecular complexity index is 323. The summed E-state index contributed by atoms with van der Waals surface area (Å²) in [6, 6.07) is 9.00. The van der Waals surface area contributed by atoms with Gasteiger partial charge in [-0.1, -0.05) is 18.2 Å². The zero-order chi connectivity index (χ0) is 11.2. The molecular formula is C13H19NOS. The molecule has 88 valence electrons. The Kier molecular flexibility index (Phi) is 4.55. The molecule has 1 aliphatic heterocycles. The van der Waals surface area contributed by atoms with Crippen molar-refractivity contribution in [1.29, 1.82) is 0 Å². The van der Waals surface area contributed by atoms with Gasteiger partial charge < -0.3 is 10.1 Å². The molecule has 1 atom stereocenters. The Morgan fingerprint density at radius 2 is 2.31 bits per heavy atom. The van der Waals surface area contributed by atoms with Gasteiger partial charge in [0.25, 0.3) is 0 Å². The number of nitrogens with one attached hydrogen (secondary N) is 1. The molecule has 0 spiro atoms. The van der Waals surface area contributed by atoms with E-state index in [2.05, 4.69) is 17.4 Å². The van der Waals surface area contributed by atoms with Crippen molar-refractivity contribution in [2.45, 2.75) is 24.6 Å². The Hall–Kier alpha value is -0.670. The van der Waals surface area contributed by atoms with Crippen LogP contribution < -0.4 is 10.1 Å². The van der Waals surface area contributed by atoms with Gasteiger partial charge in [-0.25, -0.2) is 0 Å². The monoisotopic (exact) mass is 237 g/mol. The maximum Gasteiger partial charge on any atom is 0.122 e. The second-order valence-electron chi connectivity index (χ2n) is 4.12. The molecule has 2 nitrogen and oxygen atoms in total. The quantitative estimate of drug-likeness (QED) is 0.850. The maximum absolute atomic E-state index is 5.34. The van der Waals surface area contributed by atoms with Crippen LogP contribution in [-0.2, 0) is 5.75 Å². The average molecular weight is 237 g/mol. The van der Waals surface area contributed by atoms with Crippen LogP contribution in [0.2, 0.25) is 0 Å². The van der Waals surface area contributed by atoms with Crippen molar-refractivity contribution in [1.82, 2.24) is 5.32 Å². The Balaban J connectivity index is 1.79. The van der Waals surface area contributed by atoms with E-state index in [4.69, 9.17) is 4.74 Å². The smallest absolute Gasteiger partial charge is 0.122 e. The summed E-state index contributed by atoms with van der Waals surface area (Å²) < 4.78 is 5.34. The number of benzene rings is 1. The maximum atomic E-state index is 5.34. The number of hydrogen-bond donors (Lipinski definition) is 1. The lowest BCUT2D eigenvalue weighted by Gasteiger charge is -2.11. The molecule has 1 saturated heterocycles. The standard InChI is InChI=1S/C13H19NOS/c1-15-13-7-3-2-5-11(13)9-16-10-12-6-4-8-14-12/h2-3,5,7,12,14H,4,6,8-10H2,1H3. The molecule has 1 heterocycles. The summed E-state index contributed by atoms with van der Waals surface area (Å²) in [5, 5.41) is 3.52. The summed E-state index contributed by atoms with van der Waals surface area (Å²) in [6.45, 7) is 1.19. The van der Waals surface area contributed by atoms with Crippen LogP contribution in [0, 0.1) is 0 Å². The third kappa shape index (κ3) is 3.16. The first kappa shape index (κ1) is 11.8. The van der Waals surface area contributed by atoms with Gasteiger partial charge >= 0.3 is 0 Å². The fraction of sp³-hybridized carbons (Fsp3) is 0.538. The second kappa shape index (κ2) is 6.16. The first-order chi connectivity index (χ1) is 7.90. The Morgan fingerprint density at radius 1 is 1.44 bits per heavy atom. The molecule has 3 heteroatoms. The van der Waals surface area contributed by atoms with Gasteiger partial charge in [0, 0.05) is 23.1 Å². The van der Waals surface area contributed by atoms with Crippen LogP contribution in [0.15, 0.2) is 24.3 Å². The van der Waals surface area contributed by atoms with Gasteiger partial charge in [0.15, 0.2) is 0 Å². The molecule has 0 aromatic heterocycles. The Labute approximate surface area is 102 Å². The van der Waals surface area contributed by atoms with Crippen LogP contribution in [0.25, 0.3) is 0 Å². The van der Waals surface area contributed by atoms with Crippen molar-refractivity contribution < 1.29 is 4.74 Å². The number of ether oxygens (including phenoxy) is 1. The van der Waals surface area contributed by atoms with Crippen molar-refractivity contribution in [3.8, 4) is 5.75 Å². The highest BCUT2D eigenvalue weighted by molar-refractivity contribution is 7.98. The lowest BCUT2D eigenvalue weighted by atomic mass is 10.2. The predicted molar refractivity (Wildman–Crippen MR) is 70.2 cm³/mol.